The SMILES string of the molecule is COc1ccccc1OCCNCC(O)COc1cccc2c1c1ccccc1n2C(=O)C(C)C. The smallest absolute Gasteiger partial charge is 0.234 e. The summed E-state index contributed by atoms with van der Waals surface area (Å²) >= 11 is 0. The largest absolute Gasteiger partial charge is 0.493 e. The predicted molar refractivity (Wildman–Crippen MR) is 138 cm³/mol. The highest BCUT2D eigenvalue weighted by atomic mass is 16.5. The summed E-state index contributed by atoms with van der Waals surface area (Å²) in [5.74, 6) is 1.91. The molecule has 2 N–H and O–H groups in total. The summed E-state index contributed by atoms with van der Waals surface area (Å²) in [6.45, 7) is 5.28. The molecular formula is C28H32N2O5. The van der Waals surface area contributed by atoms with E-state index in [0.717, 1.165) is 21.8 Å². The Hall–Kier alpha value is -3.55. The van der Waals surface area contributed by atoms with Crippen molar-refractivity contribution in [3.63, 3.8) is 0 Å². The molecule has 1 heterocycles. The number of nitrogens with one attached hydrogen (secondary N) is 1. The van der Waals surface area contributed by atoms with Gasteiger partial charge in [-0.05, 0) is 30.3 Å². The fraction of sp³-hybridized carbons (Fsp3) is 0.321. The molecule has 0 radical (unpaired) electrons. The van der Waals surface area contributed by atoms with Crippen molar-refractivity contribution >= 4 is 27.7 Å². The van der Waals surface area contributed by atoms with E-state index in [1.807, 2.05) is 80.6 Å². The van der Waals surface area contributed by atoms with E-state index in [1.165, 1.54) is 0 Å². The second-order valence-corrected chi connectivity index (χ2v) is 8.66. The fourth-order valence-electron chi connectivity index (χ4n) is 4.09. The Morgan fingerprint density at radius 3 is 2.37 bits per heavy atom. The Kier molecular flexibility index (Phi) is 7.90. The average Bonchev–Trinajstić information content (AvgIpc) is 3.21. The van der Waals surface area contributed by atoms with Crippen molar-refractivity contribution in [3.05, 3.63) is 66.7 Å². The summed E-state index contributed by atoms with van der Waals surface area (Å²) in [7, 11) is 1.61. The maximum atomic E-state index is 13.0. The Morgan fingerprint density at radius 2 is 1.60 bits per heavy atom. The lowest BCUT2D eigenvalue weighted by Crippen LogP contribution is -2.33. The van der Waals surface area contributed by atoms with Crippen LogP contribution in [0.15, 0.2) is 66.7 Å². The number of nitrogens with zero attached hydrogens (tertiary/aromatic N) is 1. The van der Waals surface area contributed by atoms with E-state index in [0.29, 0.717) is 36.9 Å². The molecule has 4 rings (SSSR count). The Balaban J connectivity index is 1.38. The molecule has 1 unspecified atom stereocenters. The number of fused-ring (bicyclic) bond motifs is 3. The lowest BCUT2D eigenvalue weighted by Gasteiger charge is -2.15. The molecule has 35 heavy (non-hydrogen) atoms. The van der Waals surface area contributed by atoms with Gasteiger partial charge in [0.15, 0.2) is 11.5 Å². The molecule has 0 aliphatic carbocycles. The summed E-state index contributed by atoms with van der Waals surface area (Å²) in [5.41, 5.74) is 1.66. The topological polar surface area (TPSA) is 81.9 Å². The molecule has 0 aliphatic rings. The summed E-state index contributed by atoms with van der Waals surface area (Å²) in [6, 6.07) is 21.0. The molecule has 0 spiro atoms. The van der Waals surface area contributed by atoms with Crippen molar-refractivity contribution in [1.29, 1.82) is 0 Å². The van der Waals surface area contributed by atoms with Crippen molar-refractivity contribution in [2.75, 3.05) is 33.4 Å². The Bertz CT molecular complexity index is 1300. The zero-order valence-corrected chi connectivity index (χ0v) is 20.4. The van der Waals surface area contributed by atoms with Gasteiger partial charge in [-0.2, -0.15) is 0 Å². The van der Waals surface area contributed by atoms with E-state index in [2.05, 4.69) is 5.32 Å². The van der Waals surface area contributed by atoms with Gasteiger partial charge >= 0.3 is 0 Å². The maximum Gasteiger partial charge on any atom is 0.234 e. The van der Waals surface area contributed by atoms with Crippen LogP contribution in [0.4, 0.5) is 0 Å². The number of methoxy groups -OCH3 is 1. The molecule has 184 valence electrons. The first-order valence-corrected chi connectivity index (χ1v) is 11.8. The van der Waals surface area contributed by atoms with Gasteiger partial charge in [-0.15, -0.1) is 0 Å². The number of carbonyl (C=O) groups excluding carboxylic acids is 1. The molecule has 0 amide bonds. The summed E-state index contributed by atoms with van der Waals surface area (Å²) in [5, 5.41) is 15.5. The molecule has 0 saturated heterocycles. The van der Waals surface area contributed by atoms with Gasteiger partial charge in [0.25, 0.3) is 0 Å². The number of ether oxygens (including phenoxy) is 3. The molecule has 0 bridgehead atoms. The Labute approximate surface area is 205 Å². The summed E-state index contributed by atoms with van der Waals surface area (Å²) in [4.78, 5) is 13.0. The number of aliphatic hydroxyl groups is 1. The van der Waals surface area contributed by atoms with E-state index in [-0.39, 0.29) is 18.4 Å². The zero-order valence-electron chi connectivity index (χ0n) is 20.4. The van der Waals surface area contributed by atoms with Crippen LogP contribution < -0.4 is 19.5 Å². The molecule has 0 saturated carbocycles. The van der Waals surface area contributed by atoms with Crippen molar-refractivity contribution in [2.24, 2.45) is 5.92 Å². The molecule has 4 aromatic rings. The van der Waals surface area contributed by atoms with Crippen molar-refractivity contribution < 1.29 is 24.1 Å². The second kappa shape index (κ2) is 11.3. The highest BCUT2D eigenvalue weighted by Crippen LogP contribution is 2.36. The van der Waals surface area contributed by atoms with Crippen molar-refractivity contribution in [2.45, 2.75) is 20.0 Å². The molecule has 1 aromatic heterocycles. The van der Waals surface area contributed by atoms with Gasteiger partial charge in [0.1, 0.15) is 25.1 Å². The van der Waals surface area contributed by atoms with Gasteiger partial charge in [0.2, 0.25) is 5.91 Å². The number of aromatic nitrogens is 1. The molecule has 7 nitrogen and oxygen atoms in total. The van der Waals surface area contributed by atoms with Crippen LogP contribution in [0.25, 0.3) is 21.8 Å². The lowest BCUT2D eigenvalue weighted by molar-refractivity contribution is 0.0865. The number of para-hydroxylation sites is 3. The number of rotatable bonds is 11. The van der Waals surface area contributed by atoms with Crippen LogP contribution in [-0.4, -0.2) is 55.1 Å². The van der Waals surface area contributed by atoms with Crippen molar-refractivity contribution in [1.82, 2.24) is 9.88 Å². The summed E-state index contributed by atoms with van der Waals surface area (Å²) in [6.07, 6.45) is -0.706. The van der Waals surface area contributed by atoms with Gasteiger partial charge in [0.05, 0.1) is 23.5 Å². The van der Waals surface area contributed by atoms with E-state index < -0.39 is 6.10 Å². The quantitative estimate of drug-likeness (QED) is 0.310. The molecule has 7 heteroatoms. The summed E-state index contributed by atoms with van der Waals surface area (Å²) < 4.78 is 18.8. The third kappa shape index (κ3) is 5.42. The fourth-order valence-corrected chi connectivity index (χ4v) is 4.09. The third-order valence-corrected chi connectivity index (χ3v) is 5.79. The van der Waals surface area contributed by atoms with E-state index in [9.17, 15) is 9.90 Å². The number of aliphatic hydroxyl groups excluding tert-OH is 1. The number of carbonyl (C=O) groups is 1. The minimum absolute atomic E-state index is 0.0351. The van der Waals surface area contributed by atoms with Crippen LogP contribution in [0.1, 0.15) is 18.6 Å². The predicted octanol–water partition coefficient (Wildman–Crippen LogP) is 4.51. The monoisotopic (exact) mass is 476 g/mol. The minimum Gasteiger partial charge on any atom is -0.493 e. The maximum absolute atomic E-state index is 13.0. The lowest BCUT2D eigenvalue weighted by atomic mass is 10.1. The van der Waals surface area contributed by atoms with Gasteiger partial charge in [-0.25, -0.2) is 0 Å². The van der Waals surface area contributed by atoms with Crippen molar-refractivity contribution in [3.8, 4) is 17.2 Å². The molecule has 1 atom stereocenters. The van der Waals surface area contributed by atoms with Gasteiger partial charge in [-0.1, -0.05) is 50.2 Å². The minimum atomic E-state index is -0.706. The van der Waals surface area contributed by atoms with Crippen LogP contribution >= 0.6 is 0 Å². The van der Waals surface area contributed by atoms with Gasteiger partial charge in [-0.3, -0.25) is 9.36 Å². The highest BCUT2D eigenvalue weighted by molar-refractivity contribution is 6.15. The standard InChI is InChI=1S/C28H32N2O5/c1-19(2)28(32)30-22-10-5-4-9-21(22)27-23(30)11-8-14-26(27)35-18-20(31)17-29-15-16-34-25-13-7-6-12-24(25)33-3/h4-14,19-20,29,31H,15-18H2,1-3H3. The van der Waals surface area contributed by atoms with Gasteiger partial charge < -0.3 is 24.6 Å². The molecule has 3 aromatic carbocycles. The zero-order chi connectivity index (χ0) is 24.8. The molecule has 0 aliphatic heterocycles. The molecular weight excluding hydrogens is 444 g/mol. The van der Waals surface area contributed by atoms with E-state index in [1.54, 1.807) is 11.7 Å². The van der Waals surface area contributed by atoms with E-state index in [4.69, 9.17) is 14.2 Å². The first kappa shape index (κ1) is 24.6. The van der Waals surface area contributed by atoms with Gasteiger partial charge in [0, 0.05) is 24.4 Å². The normalized spacial score (nSPS) is 12.3. The Morgan fingerprint density at radius 1 is 0.914 bits per heavy atom. The highest BCUT2D eigenvalue weighted by Gasteiger charge is 2.20. The first-order chi connectivity index (χ1) is 17.0. The molecule has 0 fully saturated rings. The van der Waals surface area contributed by atoms with Crippen LogP contribution in [-0.2, 0) is 0 Å². The van der Waals surface area contributed by atoms with Crippen LogP contribution in [0.5, 0.6) is 17.2 Å². The number of hydrogen-bond donors (Lipinski definition) is 2. The third-order valence-electron chi connectivity index (χ3n) is 5.79. The number of hydrogen-bond acceptors (Lipinski definition) is 6. The van der Waals surface area contributed by atoms with E-state index >= 15 is 0 Å². The number of benzene rings is 3. The van der Waals surface area contributed by atoms with Crippen LogP contribution in [0.3, 0.4) is 0 Å². The first-order valence-electron chi connectivity index (χ1n) is 11.8. The van der Waals surface area contributed by atoms with Crippen LogP contribution in [0, 0.1) is 5.92 Å². The van der Waals surface area contributed by atoms with Crippen LogP contribution in [0.2, 0.25) is 0 Å². The average molecular weight is 477 g/mol. The second-order valence-electron chi connectivity index (χ2n) is 8.66.